The van der Waals surface area contributed by atoms with Gasteiger partial charge < -0.3 is 9.47 Å². The highest BCUT2D eigenvalue weighted by atomic mass is 32.2. The van der Waals surface area contributed by atoms with Gasteiger partial charge in [-0.05, 0) is 48.6 Å². The molecule has 0 atom stereocenters. The molecule has 0 aliphatic carbocycles. The monoisotopic (exact) mass is 537 g/mol. The number of benzene rings is 3. The molecule has 0 aromatic heterocycles. The standard InChI is InChI=1S/C25H19N3O5S3/c29-24-21(16-17-8-4-6-12-20(17)33-15-14-32-18-9-2-1-3-10-18)35-25(34)28(24)26-23-19-11-5-7-13-22(19)36(30,31)27-23/h1-13,16H,14-15H2,(H,26,27)/b21-16+. The lowest BCUT2D eigenvalue weighted by Crippen LogP contribution is -2.44. The Morgan fingerprint density at radius 1 is 0.944 bits per heavy atom. The average molecular weight is 538 g/mol. The van der Waals surface area contributed by atoms with Crippen LogP contribution in [0.5, 0.6) is 11.5 Å². The molecule has 3 aromatic carbocycles. The number of hydrogen-bond donors (Lipinski definition) is 1. The zero-order valence-corrected chi connectivity index (χ0v) is 21.1. The maximum absolute atomic E-state index is 13.1. The fraction of sp³-hybridized carbons (Fsp3) is 0.0800. The third-order valence-corrected chi connectivity index (χ3v) is 7.84. The molecule has 1 fully saturated rings. The summed E-state index contributed by atoms with van der Waals surface area (Å²) in [5, 5.41) is 1.12. The Hall–Kier alpha value is -3.67. The second-order valence-corrected chi connectivity index (χ2v) is 10.8. The largest absolute Gasteiger partial charge is 0.490 e. The number of thioether (sulfide) groups is 1. The van der Waals surface area contributed by atoms with E-state index in [9.17, 15) is 13.2 Å². The lowest BCUT2D eigenvalue weighted by atomic mass is 10.2. The number of fused-ring (bicyclic) bond motifs is 1. The highest BCUT2D eigenvalue weighted by molar-refractivity contribution is 8.26. The van der Waals surface area contributed by atoms with E-state index in [2.05, 4.69) is 9.82 Å². The summed E-state index contributed by atoms with van der Waals surface area (Å²) in [5.41, 5.74) is 3.86. The maximum atomic E-state index is 13.1. The number of ether oxygens (including phenoxy) is 2. The molecule has 1 N–H and O–H groups in total. The lowest BCUT2D eigenvalue weighted by Gasteiger charge is -2.16. The average Bonchev–Trinajstić information content (AvgIpc) is 3.30. The SMILES string of the molecule is O=C1/C(=C\c2ccccc2OCCOc2ccccc2)SC(=S)N1NC1=NS(=O)(=O)c2ccccc21. The number of para-hydroxylation sites is 2. The molecule has 8 nitrogen and oxygen atoms in total. The van der Waals surface area contributed by atoms with Gasteiger partial charge in [-0.1, -0.05) is 60.3 Å². The van der Waals surface area contributed by atoms with Gasteiger partial charge in [-0.3, -0.25) is 10.2 Å². The lowest BCUT2D eigenvalue weighted by molar-refractivity contribution is -0.123. The summed E-state index contributed by atoms with van der Waals surface area (Å²) in [4.78, 5) is 13.6. The first-order valence-electron chi connectivity index (χ1n) is 10.8. The molecular weight excluding hydrogens is 518 g/mol. The molecule has 1 amide bonds. The van der Waals surface area contributed by atoms with Gasteiger partial charge in [-0.15, -0.1) is 4.40 Å². The summed E-state index contributed by atoms with van der Waals surface area (Å²) >= 11 is 6.48. The number of thiocarbonyl (C=S) groups is 1. The van der Waals surface area contributed by atoms with Crippen LogP contribution in [0.4, 0.5) is 0 Å². The number of carbonyl (C=O) groups excluding carboxylic acids is 1. The minimum Gasteiger partial charge on any atom is -0.490 e. The molecule has 0 radical (unpaired) electrons. The number of rotatable bonds is 7. The van der Waals surface area contributed by atoms with E-state index in [0.29, 0.717) is 35.0 Å². The topological polar surface area (TPSA) is 97.3 Å². The Morgan fingerprint density at radius 2 is 1.64 bits per heavy atom. The summed E-state index contributed by atoms with van der Waals surface area (Å²) in [6, 6.07) is 23.2. The van der Waals surface area contributed by atoms with Crippen LogP contribution < -0.4 is 14.9 Å². The number of hydrazine groups is 1. The number of amides is 1. The van der Waals surface area contributed by atoms with Crippen LogP contribution in [0.1, 0.15) is 11.1 Å². The van der Waals surface area contributed by atoms with E-state index in [-0.39, 0.29) is 15.1 Å². The van der Waals surface area contributed by atoms with Crippen molar-refractivity contribution in [2.75, 3.05) is 13.2 Å². The van der Waals surface area contributed by atoms with Crippen LogP contribution in [-0.2, 0) is 14.8 Å². The van der Waals surface area contributed by atoms with Crippen LogP contribution in [0.3, 0.4) is 0 Å². The van der Waals surface area contributed by atoms with Crippen molar-refractivity contribution in [2.45, 2.75) is 4.90 Å². The molecule has 182 valence electrons. The van der Waals surface area contributed by atoms with Crippen molar-refractivity contribution in [3.8, 4) is 11.5 Å². The van der Waals surface area contributed by atoms with E-state index in [0.717, 1.165) is 22.5 Å². The summed E-state index contributed by atoms with van der Waals surface area (Å²) in [7, 11) is -3.83. The van der Waals surface area contributed by atoms with Crippen LogP contribution in [0.15, 0.2) is 93.1 Å². The molecule has 0 bridgehead atoms. The summed E-state index contributed by atoms with van der Waals surface area (Å²) < 4.78 is 40.2. The number of nitrogens with zero attached hydrogens (tertiary/aromatic N) is 2. The van der Waals surface area contributed by atoms with Gasteiger partial charge in [-0.25, -0.2) is 0 Å². The first-order chi connectivity index (χ1) is 17.4. The number of sulfonamides is 1. The molecule has 2 heterocycles. The Kier molecular flexibility index (Phi) is 6.77. The summed E-state index contributed by atoms with van der Waals surface area (Å²) in [6.45, 7) is 0.673. The summed E-state index contributed by atoms with van der Waals surface area (Å²) in [6.07, 6.45) is 1.69. The van der Waals surface area contributed by atoms with E-state index >= 15 is 0 Å². The van der Waals surface area contributed by atoms with Gasteiger partial charge in [-0.2, -0.15) is 13.4 Å². The first-order valence-corrected chi connectivity index (χ1v) is 13.5. The number of nitrogens with one attached hydrogen (secondary N) is 1. The van der Waals surface area contributed by atoms with E-state index in [1.165, 1.54) is 6.07 Å². The Labute approximate surface area is 217 Å². The van der Waals surface area contributed by atoms with Crippen LogP contribution in [0, 0.1) is 0 Å². The Morgan fingerprint density at radius 3 is 2.47 bits per heavy atom. The van der Waals surface area contributed by atoms with Gasteiger partial charge in [0.25, 0.3) is 15.9 Å². The van der Waals surface area contributed by atoms with Crippen molar-refractivity contribution in [3.05, 3.63) is 94.9 Å². The van der Waals surface area contributed by atoms with Crippen LogP contribution >= 0.6 is 24.0 Å². The van der Waals surface area contributed by atoms with Crippen molar-refractivity contribution < 1.29 is 22.7 Å². The molecule has 2 aliphatic rings. The molecule has 0 spiro atoms. The molecule has 0 saturated carbocycles. The predicted molar refractivity (Wildman–Crippen MR) is 142 cm³/mol. The second kappa shape index (κ2) is 10.1. The van der Waals surface area contributed by atoms with E-state index < -0.39 is 15.9 Å². The molecule has 3 aromatic rings. The van der Waals surface area contributed by atoms with Crippen molar-refractivity contribution in [1.29, 1.82) is 0 Å². The minimum absolute atomic E-state index is 0.0466. The minimum atomic E-state index is -3.83. The maximum Gasteiger partial charge on any atom is 0.285 e. The Bertz CT molecular complexity index is 1500. The van der Waals surface area contributed by atoms with E-state index in [4.69, 9.17) is 21.7 Å². The molecular formula is C25H19N3O5S3. The molecule has 11 heteroatoms. The third-order valence-electron chi connectivity index (χ3n) is 5.20. The predicted octanol–water partition coefficient (Wildman–Crippen LogP) is 4.00. The number of amidine groups is 1. The van der Waals surface area contributed by atoms with Crippen molar-refractivity contribution in [1.82, 2.24) is 10.4 Å². The van der Waals surface area contributed by atoms with Gasteiger partial charge in [0, 0.05) is 11.1 Å². The fourth-order valence-corrected chi connectivity index (χ4v) is 5.90. The molecule has 2 aliphatic heterocycles. The van der Waals surface area contributed by atoms with Crippen molar-refractivity contribution >= 4 is 56.1 Å². The van der Waals surface area contributed by atoms with Crippen LogP contribution in [0.25, 0.3) is 6.08 Å². The highest BCUT2D eigenvalue weighted by Crippen LogP contribution is 2.34. The van der Waals surface area contributed by atoms with Gasteiger partial charge >= 0.3 is 0 Å². The second-order valence-electron chi connectivity index (χ2n) is 7.59. The van der Waals surface area contributed by atoms with Crippen molar-refractivity contribution in [3.63, 3.8) is 0 Å². The third kappa shape index (κ3) is 4.99. The molecule has 5 rings (SSSR count). The Balaban J connectivity index is 1.29. The van der Waals surface area contributed by atoms with E-state index in [1.807, 2.05) is 54.6 Å². The zero-order chi connectivity index (χ0) is 25.1. The smallest absolute Gasteiger partial charge is 0.285 e. The normalized spacial score (nSPS) is 17.2. The summed E-state index contributed by atoms with van der Waals surface area (Å²) in [5.74, 6) is 0.974. The van der Waals surface area contributed by atoms with Gasteiger partial charge in [0.05, 0.1) is 4.91 Å². The zero-order valence-electron chi connectivity index (χ0n) is 18.7. The van der Waals surface area contributed by atoms with Crippen LogP contribution in [-0.4, -0.2) is 42.7 Å². The fourth-order valence-electron chi connectivity index (χ4n) is 3.56. The highest BCUT2D eigenvalue weighted by Gasteiger charge is 2.36. The van der Waals surface area contributed by atoms with Crippen molar-refractivity contribution in [2.24, 2.45) is 4.40 Å². The first kappa shape index (κ1) is 24.0. The number of carbonyl (C=O) groups is 1. The molecule has 0 unspecified atom stereocenters. The quantitative estimate of drug-likeness (QED) is 0.275. The van der Waals surface area contributed by atoms with Gasteiger partial charge in [0.2, 0.25) is 0 Å². The molecule has 1 saturated heterocycles. The number of hydrogen-bond acceptors (Lipinski definition) is 8. The molecule has 36 heavy (non-hydrogen) atoms. The van der Waals surface area contributed by atoms with Crippen LogP contribution in [0.2, 0.25) is 0 Å². The van der Waals surface area contributed by atoms with E-state index in [1.54, 1.807) is 24.3 Å². The van der Waals surface area contributed by atoms with Gasteiger partial charge in [0.1, 0.15) is 29.6 Å². The van der Waals surface area contributed by atoms with Gasteiger partial charge in [0.15, 0.2) is 10.2 Å².